The van der Waals surface area contributed by atoms with Crippen LogP contribution in [0, 0.1) is 6.92 Å². The van der Waals surface area contributed by atoms with Crippen LogP contribution in [-0.4, -0.2) is 15.2 Å². The summed E-state index contributed by atoms with van der Waals surface area (Å²) >= 11 is 0. The molecule has 1 rings (SSSR count). The Morgan fingerprint density at radius 2 is 2.24 bits per heavy atom. The van der Waals surface area contributed by atoms with Crippen LogP contribution in [0.2, 0.25) is 0 Å². The quantitative estimate of drug-likeness (QED) is 0.417. The fourth-order valence-corrected chi connectivity index (χ4v) is 1.28. The molecule has 1 heterocycles. The zero-order valence-corrected chi connectivity index (χ0v) is 9.38. The lowest BCUT2D eigenvalue weighted by Gasteiger charge is -2.07. The van der Waals surface area contributed by atoms with E-state index in [0.29, 0.717) is 10.2 Å². The predicted octanol–water partition coefficient (Wildman–Crippen LogP) is -0.891. The maximum atomic E-state index is 11.5. The minimum absolute atomic E-state index is 0.0103. The molecule has 0 aliphatic rings. The van der Waals surface area contributed by atoms with Crippen LogP contribution in [0.3, 0.4) is 0 Å². The van der Waals surface area contributed by atoms with Crippen LogP contribution in [-0.2, 0) is 16.1 Å². The number of ether oxygens (including phenoxy) is 1. The van der Waals surface area contributed by atoms with Crippen molar-refractivity contribution in [3.8, 4) is 0 Å². The number of hydrogen-bond acceptors (Lipinski definition) is 5. The summed E-state index contributed by atoms with van der Waals surface area (Å²) in [7, 11) is 0. The Kier molecular flexibility index (Phi) is 3.86. The summed E-state index contributed by atoms with van der Waals surface area (Å²) in [6.07, 6.45) is 2.36. The van der Waals surface area contributed by atoms with E-state index in [-0.39, 0.29) is 13.0 Å². The van der Waals surface area contributed by atoms with E-state index in [1.165, 1.54) is 17.7 Å². The number of carbonyl (C=O) groups is 1. The average Bonchev–Trinajstić information content (AvgIpc) is 2.30. The van der Waals surface area contributed by atoms with E-state index in [4.69, 9.17) is 5.84 Å². The first-order valence-electron chi connectivity index (χ1n) is 4.86. The molecule has 0 aliphatic heterocycles. The molecule has 0 fully saturated rings. The van der Waals surface area contributed by atoms with Crippen LogP contribution < -0.4 is 17.1 Å². The van der Waals surface area contributed by atoms with Crippen molar-refractivity contribution in [3.63, 3.8) is 0 Å². The number of esters is 1. The van der Waals surface area contributed by atoms with E-state index in [1.54, 1.807) is 0 Å². The number of nitrogens with zero attached hydrogens (tertiary/aromatic N) is 2. The fourth-order valence-electron chi connectivity index (χ4n) is 1.28. The normalized spacial score (nSPS) is 9.94. The number of nitrogens with two attached hydrogens (primary N) is 1. The third-order valence-corrected chi connectivity index (χ3v) is 2.13. The second-order valence-corrected chi connectivity index (χ2v) is 3.37. The molecule has 7 nitrogen and oxygen atoms in total. The number of hydrogen-bond donors (Lipinski definition) is 1. The maximum absolute atomic E-state index is 11.5. The lowest BCUT2D eigenvalue weighted by molar-refractivity contribution is -0.138. The molecule has 0 radical (unpaired) electrons. The molecule has 2 N–H and O–H groups in total. The molecule has 0 spiro atoms. The molecular formula is C10H13N3O4. The van der Waals surface area contributed by atoms with Gasteiger partial charge in [0.1, 0.15) is 0 Å². The molecule has 0 aliphatic carbocycles. The van der Waals surface area contributed by atoms with Crippen molar-refractivity contribution < 1.29 is 9.53 Å². The summed E-state index contributed by atoms with van der Waals surface area (Å²) in [4.78, 5) is 33.9. The van der Waals surface area contributed by atoms with Gasteiger partial charge in [0.25, 0.3) is 5.56 Å². The van der Waals surface area contributed by atoms with Crippen molar-refractivity contribution in [2.45, 2.75) is 19.9 Å². The molecular weight excluding hydrogens is 226 g/mol. The lowest BCUT2D eigenvalue weighted by Crippen LogP contribution is -2.45. The molecule has 0 bridgehead atoms. The minimum atomic E-state index is -0.674. The Morgan fingerprint density at radius 3 is 2.82 bits per heavy atom. The SMILES string of the molecule is C=COC(=O)CCn1cc(C)c(=O)n(N)c1=O. The Hall–Kier alpha value is -2.31. The molecule has 0 amide bonds. The number of aromatic nitrogens is 2. The largest absolute Gasteiger partial charge is 0.435 e. The Labute approximate surface area is 96.7 Å². The third kappa shape index (κ3) is 2.83. The second-order valence-electron chi connectivity index (χ2n) is 3.37. The summed E-state index contributed by atoms with van der Waals surface area (Å²) in [6.45, 7) is 4.85. The highest BCUT2D eigenvalue weighted by atomic mass is 16.5. The van der Waals surface area contributed by atoms with Crippen LogP contribution in [0.5, 0.6) is 0 Å². The van der Waals surface area contributed by atoms with Gasteiger partial charge in [0.05, 0.1) is 12.7 Å². The zero-order valence-electron chi connectivity index (χ0n) is 9.38. The van der Waals surface area contributed by atoms with Crippen LogP contribution in [0.15, 0.2) is 28.6 Å². The predicted molar refractivity (Wildman–Crippen MR) is 60.8 cm³/mol. The Morgan fingerprint density at radius 1 is 1.59 bits per heavy atom. The Bertz CT molecular complexity index is 556. The van der Waals surface area contributed by atoms with Gasteiger partial charge in [0, 0.05) is 18.3 Å². The van der Waals surface area contributed by atoms with E-state index in [9.17, 15) is 14.4 Å². The number of aryl methyl sites for hydroxylation is 2. The highest BCUT2D eigenvalue weighted by Crippen LogP contribution is 1.92. The molecule has 1 aromatic rings. The number of nitrogen functional groups attached to an aromatic ring is 1. The van der Waals surface area contributed by atoms with Crippen LogP contribution in [0.4, 0.5) is 0 Å². The van der Waals surface area contributed by atoms with Crippen molar-refractivity contribution in [1.29, 1.82) is 0 Å². The molecule has 92 valence electrons. The van der Waals surface area contributed by atoms with E-state index < -0.39 is 17.2 Å². The zero-order chi connectivity index (χ0) is 13.0. The molecule has 7 heteroatoms. The van der Waals surface area contributed by atoms with E-state index in [0.717, 1.165) is 6.26 Å². The van der Waals surface area contributed by atoms with Crippen molar-refractivity contribution in [1.82, 2.24) is 9.24 Å². The first-order valence-corrected chi connectivity index (χ1v) is 4.86. The monoisotopic (exact) mass is 239 g/mol. The number of carbonyl (C=O) groups excluding carboxylic acids is 1. The highest BCUT2D eigenvalue weighted by molar-refractivity contribution is 5.69. The van der Waals surface area contributed by atoms with Gasteiger partial charge in [-0.25, -0.2) is 4.79 Å². The van der Waals surface area contributed by atoms with Crippen molar-refractivity contribution in [2.24, 2.45) is 0 Å². The minimum Gasteiger partial charge on any atom is -0.435 e. The molecule has 0 saturated carbocycles. The van der Waals surface area contributed by atoms with Crippen molar-refractivity contribution in [3.05, 3.63) is 45.4 Å². The van der Waals surface area contributed by atoms with Gasteiger partial charge in [-0.15, -0.1) is 0 Å². The van der Waals surface area contributed by atoms with Gasteiger partial charge in [0.15, 0.2) is 0 Å². The summed E-state index contributed by atoms with van der Waals surface area (Å²) < 4.78 is 6.19. The van der Waals surface area contributed by atoms with Crippen LogP contribution in [0.1, 0.15) is 12.0 Å². The van der Waals surface area contributed by atoms with E-state index in [1.807, 2.05) is 0 Å². The molecule has 17 heavy (non-hydrogen) atoms. The lowest BCUT2D eigenvalue weighted by atomic mass is 10.3. The van der Waals surface area contributed by atoms with Gasteiger partial charge in [-0.3, -0.25) is 14.2 Å². The average molecular weight is 239 g/mol. The fraction of sp³-hybridized carbons (Fsp3) is 0.300. The molecule has 0 aromatic carbocycles. The first-order chi connectivity index (χ1) is 7.97. The van der Waals surface area contributed by atoms with Crippen LogP contribution >= 0.6 is 0 Å². The van der Waals surface area contributed by atoms with Gasteiger partial charge in [-0.1, -0.05) is 6.58 Å². The second kappa shape index (κ2) is 5.15. The van der Waals surface area contributed by atoms with Gasteiger partial charge in [0.2, 0.25) is 0 Å². The Balaban J connectivity index is 2.93. The molecule has 0 atom stereocenters. The topological polar surface area (TPSA) is 96.3 Å². The third-order valence-electron chi connectivity index (χ3n) is 2.13. The maximum Gasteiger partial charge on any atom is 0.349 e. The van der Waals surface area contributed by atoms with Crippen molar-refractivity contribution in [2.75, 3.05) is 5.84 Å². The van der Waals surface area contributed by atoms with Gasteiger partial charge >= 0.3 is 11.7 Å². The summed E-state index contributed by atoms with van der Waals surface area (Å²) in [6, 6.07) is 0. The highest BCUT2D eigenvalue weighted by Gasteiger charge is 2.08. The van der Waals surface area contributed by atoms with Crippen LogP contribution in [0.25, 0.3) is 0 Å². The summed E-state index contributed by atoms with van der Waals surface area (Å²) in [5.41, 5.74) is -0.906. The van der Waals surface area contributed by atoms with Gasteiger partial charge < -0.3 is 10.6 Å². The molecule has 1 aromatic heterocycles. The number of rotatable bonds is 4. The van der Waals surface area contributed by atoms with Gasteiger partial charge in [-0.2, -0.15) is 4.68 Å². The molecule has 0 saturated heterocycles. The first kappa shape index (κ1) is 12.8. The standard InChI is InChI=1S/C10H13N3O4/c1-3-17-8(14)4-5-12-6-7(2)9(15)13(11)10(12)16/h3,6H,1,4-5,11H2,2H3. The van der Waals surface area contributed by atoms with Gasteiger partial charge in [-0.05, 0) is 6.92 Å². The van der Waals surface area contributed by atoms with E-state index >= 15 is 0 Å². The smallest absolute Gasteiger partial charge is 0.349 e. The van der Waals surface area contributed by atoms with Crippen molar-refractivity contribution >= 4 is 5.97 Å². The molecule has 0 unspecified atom stereocenters. The summed E-state index contributed by atoms with van der Waals surface area (Å²) in [5.74, 6) is 4.77. The summed E-state index contributed by atoms with van der Waals surface area (Å²) in [5, 5.41) is 0. The van der Waals surface area contributed by atoms with E-state index in [2.05, 4.69) is 11.3 Å².